The summed E-state index contributed by atoms with van der Waals surface area (Å²) in [6.07, 6.45) is 1.48. The normalized spacial score (nSPS) is 9.90. The minimum absolute atomic E-state index is 0.111. The van der Waals surface area contributed by atoms with Gasteiger partial charge in [-0.1, -0.05) is 23.2 Å². The molecule has 1 heterocycles. The van der Waals surface area contributed by atoms with Crippen LogP contribution in [0.2, 0.25) is 10.2 Å². The van der Waals surface area contributed by atoms with Crippen molar-refractivity contribution in [3.8, 4) is 0 Å². The van der Waals surface area contributed by atoms with Gasteiger partial charge in [-0.3, -0.25) is 9.59 Å². The summed E-state index contributed by atoms with van der Waals surface area (Å²) in [5.74, 6) is -1.65. The van der Waals surface area contributed by atoms with E-state index in [1.165, 1.54) is 6.20 Å². The summed E-state index contributed by atoms with van der Waals surface area (Å²) in [6.45, 7) is 0. The number of hydrogen-bond acceptors (Lipinski definition) is 3. The van der Waals surface area contributed by atoms with Gasteiger partial charge in [-0.15, -0.1) is 0 Å². The fraction of sp³-hybridized carbons (Fsp3) is 0. The first-order chi connectivity index (χ1) is 9.56. The van der Waals surface area contributed by atoms with Gasteiger partial charge in [0.1, 0.15) is 0 Å². The number of carbonyl (C=O) groups excluding carboxylic acids is 2. The van der Waals surface area contributed by atoms with Crippen LogP contribution in [0, 0.1) is 0 Å². The number of amides is 2. The molecule has 2 rings (SSSR count). The van der Waals surface area contributed by atoms with Crippen molar-refractivity contribution in [2.75, 3.05) is 10.6 Å². The zero-order chi connectivity index (χ0) is 14.5. The largest absolute Gasteiger partial charge is 0.318 e. The van der Waals surface area contributed by atoms with Gasteiger partial charge in [0.2, 0.25) is 0 Å². The summed E-state index contributed by atoms with van der Waals surface area (Å²) in [5.41, 5.74) is 0.734. The summed E-state index contributed by atoms with van der Waals surface area (Å²) in [6, 6.07) is 9.52. The second-order valence-corrected chi connectivity index (χ2v) is 4.55. The van der Waals surface area contributed by atoms with Crippen LogP contribution in [0.25, 0.3) is 0 Å². The van der Waals surface area contributed by atoms with Crippen LogP contribution in [0.1, 0.15) is 0 Å². The second kappa shape index (κ2) is 6.36. The zero-order valence-corrected chi connectivity index (χ0v) is 11.6. The van der Waals surface area contributed by atoms with Crippen LogP contribution in [-0.4, -0.2) is 16.8 Å². The molecule has 0 aliphatic heterocycles. The van der Waals surface area contributed by atoms with E-state index in [1.807, 2.05) is 0 Å². The van der Waals surface area contributed by atoms with Gasteiger partial charge in [0, 0.05) is 16.9 Å². The lowest BCUT2D eigenvalue weighted by Gasteiger charge is -2.07. The second-order valence-electron chi connectivity index (χ2n) is 3.76. The standard InChI is InChI=1S/C13H9Cl2N3O2/c14-8-3-5-9(6-4-8)17-12(19)13(20)18-10-2-1-7-16-11(10)15/h1-7H,(H,17,19)(H,18,20). The molecule has 0 spiro atoms. The Balaban J connectivity index is 2.01. The summed E-state index contributed by atoms with van der Waals surface area (Å²) in [5, 5.41) is 5.45. The molecule has 0 atom stereocenters. The van der Waals surface area contributed by atoms with Crippen molar-refractivity contribution >= 4 is 46.4 Å². The van der Waals surface area contributed by atoms with Crippen LogP contribution >= 0.6 is 23.2 Å². The predicted octanol–water partition coefficient (Wildman–Crippen LogP) is 2.97. The average Bonchev–Trinajstić information content (AvgIpc) is 2.44. The molecule has 0 saturated heterocycles. The van der Waals surface area contributed by atoms with E-state index in [9.17, 15) is 9.59 Å². The number of rotatable bonds is 2. The van der Waals surface area contributed by atoms with E-state index in [-0.39, 0.29) is 10.8 Å². The maximum Gasteiger partial charge on any atom is 0.314 e. The minimum Gasteiger partial charge on any atom is -0.318 e. The molecule has 0 aliphatic carbocycles. The van der Waals surface area contributed by atoms with E-state index < -0.39 is 11.8 Å². The van der Waals surface area contributed by atoms with Gasteiger partial charge < -0.3 is 10.6 Å². The van der Waals surface area contributed by atoms with E-state index in [0.717, 1.165) is 0 Å². The highest BCUT2D eigenvalue weighted by Gasteiger charge is 2.15. The first-order valence-electron chi connectivity index (χ1n) is 5.54. The monoisotopic (exact) mass is 309 g/mol. The highest BCUT2D eigenvalue weighted by atomic mass is 35.5. The topological polar surface area (TPSA) is 71.1 Å². The number of nitrogens with zero attached hydrogens (tertiary/aromatic N) is 1. The molecule has 0 bridgehead atoms. The lowest BCUT2D eigenvalue weighted by molar-refractivity contribution is -0.132. The molecule has 0 fully saturated rings. The van der Waals surface area contributed by atoms with Crippen LogP contribution in [0.4, 0.5) is 11.4 Å². The minimum atomic E-state index is -0.838. The summed E-state index contributed by atoms with van der Waals surface area (Å²) < 4.78 is 0. The molecule has 0 radical (unpaired) electrons. The van der Waals surface area contributed by atoms with Gasteiger partial charge in [-0.05, 0) is 36.4 Å². The van der Waals surface area contributed by atoms with Gasteiger partial charge in [-0.25, -0.2) is 4.98 Å². The zero-order valence-electron chi connectivity index (χ0n) is 10.1. The molecule has 7 heteroatoms. The third-order valence-corrected chi connectivity index (χ3v) is 2.87. The molecular formula is C13H9Cl2N3O2. The molecule has 0 unspecified atom stereocenters. The molecular weight excluding hydrogens is 301 g/mol. The molecule has 1 aromatic heterocycles. The molecule has 20 heavy (non-hydrogen) atoms. The molecule has 5 nitrogen and oxygen atoms in total. The summed E-state index contributed by atoms with van der Waals surface area (Å²) in [7, 11) is 0. The quantitative estimate of drug-likeness (QED) is 0.662. The Kier molecular flexibility index (Phi) is 4.55. The third kappa shape index (κ3) is 3.69. The molecule has 2 amide bonds. The number of nitrogens with one attached hydrogen (secondary N) is 2. The van der Waals surface area contributed by atoms with Crippen molar-refractivity contribution in [1.82, 2.24) is 4.98 Å². The van der Waals surface area contributed by atoms with Gasteiger partial charge in [0.15, 0.2) is 5.15 Å². The Bertz CT molecular complexity index is 644. The maximum atomic E-state index is 11.7. The molecule has 2 N–H and O–H groups in total. The number of aromatic nitrogens is 1. The van der Waals surface area contributed by atoms with Crippen molar-refractivity contribution < 1.29 is 9.59 Å². The van der Waals surface area contributed by atoms with Gasteiger partial charge in [-0.2, -0.15) is 0 Å². The van der Waals surface area contributed by atoms with E-state index in [4.69, 9.17) is 23.2 Å². The lowest BCUT2D eigenvalue weighted by atomic mass is 10.3. The van der Waals surface area contributed by atoms with Crippen LogP contribution in [0.3, 0.4) is 0 Å². The molecule has 2 aromatic rings. The molecule has 0 aliphatic rings. The fourth-order valence-electron chi connectivity index (χ4n) is 1.38. The van der Waals surface area contributed by atoms with Crippen LogP contribution in [0.15, 0.2) is 42.6 Å². The fourth-order valence-corrected chi connectivity index (χ4v) is 1.67. The Morgan fingerprint density at radius 3 is 2.25 bits per heavy atom. The number of halogens is 2. The third-order valence-electron chi connectivity index (χ3n) is 2.32. The van der Waals surface area contributed by atoms with Crippen LogP contribution in [0.5, 0.6) is 0 Å². The molecule has 102 valence electrons. The van der Waals surface area contributed by atoms with Crippen molar-refractivity contribution in [3.63, 3.8) is 0 Å². The number of carbonyl (C=O) groups is 2. The Labute approximate surface area is 124 Å². The lowest BCUT2D eigenvalue weighted by Crippen LogP contribution is -2.29. The highest BCUT2D eigenvalue weighted by molar-refractivity contribution is 6.44. The van der Waals surface area contributed by atoms with E-state index in [2.05, 4.69) is 15.6 Å². The van der Waals surface area contributed by atoms with Gasteiger partial charge >= 0.3 is 11.8 Å². The molecule has 1 aromatic carbocycles. The Morgan fingerprint density at radius 2 is 1.60 bits per heavy atom. The van der Waals surface area contributed by atoms with Crippen LogP contribution < -0.4 is 10.6 Å². The van der Waals surface area contributed by atoms with E-state index >= 15 is 0 Å². The number of anilines is 2. The van der Waals surface area contributed by atoms with Crippen molar-refractivity contribution in [3.05, 3.63) is 52.8 Å². The maximum absolute atomic E-state index is 11.7. The highest BCUT2D eigenvalue weighted by Crippen LogP contribution is 2.17. The van der Waals surface area contributed by atoms with Crippen molar-refractivity contribution in [2.45, 2.75) is 0 Å². The van der Waals surface area contributed by atoms with Crippen molar-refractivity contribution in [1.29, 1.82) is 0 Å². The SMILES string of the molecule is O=C(Nc1ccc(Cl)cc1)C(=O)Nc1cccnc1Cl. The van der Waals surface area contributed by atoms with E-state index in [1.54, 1.807) is 36.4 Å². The van der Waals surface area contributed by atoms with Crippen LogP contribution in [-0.2, 0) is 9.59 Å². The molecule has 0 saturated carbocycles. The summed E-state index contributed by atoms with van der Waals surface area (Å²) >= 11 is 11.5. The van der Waals surface area contributed by atoms with Gasteiger partial charge in [0.25, 0.3) is 0 Å². The number of benzene rings is 1. The smallest absolute Gasteiger partial charge is 0.314 e. The number of pyridine rings is 1. The van der Waals surface area contributed by atoms with Crippen molar-refractivity contribution in [2.24, 2.45) is 0 Å². The predicted molar refractivity (Wildman–Crippen MR) is 78.0 cm³/mol. The first-order valence-corrected chi connectivity index (χ1v) is 6.30. The Morgan fingerprint density at radius 1 is 0.950 bits per heavy atom. The number of hydrogen-bond donors (Lipinski definition) is 2. The van der Waals surface area contributed by atoms with E-state index in [0.29, 0.717) is 10.7 Å². The average molecular weight is 310 g/mol. The Hall–Kier alpha value is -2.11. The van der Waals surface area contributed by atoms with Gasteiger partial charge in [0.05, 0.1) is 5.69 Å². The first kappa shape index (κ1) is 14.3. The summed E-state index contributed by atoms with van der Waals surface area (Å²) in [4.78, 5) is 27.2.